The molecule has 0 saturated heterocycles. The molecule has 4 unspecified atom stereocenters. The standard InChI is InChI=1S/C24H32N2O4/c1-5-23(29-19(25)27)13-15-7-8-16-17(21(15,3)14-23)9-11-22(4)18(16)10-12-24(22,6-2)30-20(26)28/h1-2,15-18H,7-14H2,3-4H3,(H2,25,27)(H2,26,28)/t15?,16?,17?,18?,21-,22-,23+,24-/m0/s1. The van der Waals surface area contributed by atoms with Crippen molar-refractivity contribution in [3.63, 3.8) is 0 Å². The lowest BCUT2D eigenvalue weighted by Crippen LogP contribution is -2.56. The highest BCUT2D eigenvalue weighted by Gasteiger charge is 2.68. The Morgan fingerprint density at radius 3 is 2.20 bits per heavy atom. The molecule has 6 nitrogen and oxygen atoms in total. The maximum atomic E-state index is 11.6. The Balaban J connectivity index is 1.65. The van der Waals surface area contributed by atoms with E-state index in [0.717, 1.165) is 32.1 Å². The van der Waals surface area contributed by atoms with Gasteiger partial charge < -0.3 is 20.9 Å². The molecule has 4 fully saturated rings. The Hall–Kier alpha value is -2.34. The van der Waals surface area contributed by atoms with Gasteiger partial charge in [-0.05, 0) is 67.6 Å². The van der Waals surface area contributed by atoms with E-state index in [-0.39, 0.29) is 10.8 Å². The minimum atomic E-state index is -0.931. The van der Waals surface area contributed by atoms with Gasteiger partial charge in [-0.2, -0.15) is 0 Å². The zero-order chi connectivity index (χ0) is 21.9. The number of rotatable bonds is 2. The van der Waals surface area contributed by atoms with Gasteiger partial charge in [-0.15, -0.1) is 12.8 Å². The molecular formula is C24H32N2O4. The predicted octanol–water partition coefficient (Wildman–Crippen LogP) is 3.57. The van der Waals surface area contributed by atoms with Crippen molar-refractivity contribution >= 4 is 12.2 Å². The van der Waals surface area contributed by atoms with Gasteiger partial charge in [0.1, 0.15) is 0 Å². The summed E-state index contributed by atoms with van der Waals surface area (Å²) in [6.45, 7) is 4.48. The fraction of sp³-hybridized carbons (Fsp3) is 0.750. The zero-order valence-electron chi connectivity index (χ0n) is 17.9. The van der Waals surface area contributed by atoms with Crippen LogP contribution in [0.4, 0.5) is 9.59 Å². The predicted molar refractivity (Wildman–Crippen MR) is 112 cm³/mol. The molecular weight excluding hydrogens is 380 g/mol. The van der Waals surface area contributed by atoms with Crippen LogP contribution in [0.15, 0.2) is 0 Å². The molecule has 4 N–H and O–H groups in total. The highest BCUT2D eigenvalue weighted by atomic mass is 16.6. The minimum Gasteiger partial charge on any atom is -0.430 e. The van der Waals surface area contributed by atoms with Crippen molar-refractivity contribution in [1.82, 2.24) is 0 Å². The van der Waals surface area contributed by atoms with Crippen molar-refractivity contribution < 1.29 is 19.1 Å². The van der Waals surface area contributed by atoms with E-state index < -0.39 is 23.4 Å². The topological polar surface area (TPSA) is 105 Å². The van der Waals surface area contributed by atoms with E-state index in [0.29, 0.717) is 42.9 Å². The summed E-state index contributed by atoms with van der Waals surface area (Å²) >= 11 is 0. The summed E-state index contributed by atoms with van der Waals surface area (Å²) < 4.78 is 11.1. The SMILES string of the molecule is C#C[C@@]1(OC(N)=O)CC2CCC3C(CC[C@@]4(C)C3CC[C@]4(C#C)OC(N)=O)[C@@]2(C)C1. The summed E-state index contributed by atoms with van der Waals surface area (Å²) in [5, 5.41) is 0. The molecule has 4 rings (SSSR count). The molecule has 4 aliphatic carbocycles. The van der Waals surface area contributed by atoms with Crippen molar-refractivity contribution in [2.45, 2.75) is 76.4 Å². The van der Waals surface area contributed by atoms with Crippen LogP contribution in [-0.4, -0.2) is 23.4 Å². The molecule has 6 heteroatoms. The van der Waals surface area contributed by atoms with E-state index in [1.54, 1.807) is 0 Å². The number of hydrogen-bond acceptors (Lipinski definition) is 4. The Labute approximate surface area is 178 Å². The van der Waals surface area contributed by atoms with Gasteiger partial charge in [-0.25, -0.2) is 9.59 Å². The fourth-order valence-electron chi connectivity index (χ4n) is 8.25. The third-order valence-electron chi connectivity index (χ3n) is 9.49. The quantitative estimate of drug-likeness (QED) is 0.676. The second kappa shape index (κ2) is 6.58. The van der Waals surface area contributed by atoms with Gasteiger partial charge in [0.25, 0.3) is 0 Å². The maximum absolute atomic E-state index is 11.6. The van der Waals surface area contributed by atoms with Crippen molar-refractivity contribution in [3.8, 4) is 24.7 Å². The summed E-state index contributed by atoms with van der Waals surface area (Å²) in [6, 6.07) is 0. The van der Waals surface area contributed by atoms with Gasteiger partial charge in [0, 0.05) is 18.3 Å². The highest BCUT2D eigenvalue weighted by Crippen LogP contribution is 2.70. The summed E-state index contributed by atoms with van der Waals surface area (Å²) in [4.78, 5) is 23.2. The first-order chi connectivity index (χ1) is 14.0. The number of terminal acetylenes is 2. The Kier molecular flexibility index (Phi) is 4.59. The highest BCUT2D eigenvalue weighted by molar-refractivity contribution is 5.66. The zero-order valence-corrected chi connectivity index (χ0v) is 17.9. The molecule has 0 aliphatic heterocycles. The first-order valence-electron chi connectivity index (χ1n) is 11.0. The van der Waals surface area contributed by atoms with Crippen molar-refractivity contribution in [2.24, 2.45) is 46.0 Å². The summed E-state index contributed by atoms with van der Waals surface area (Å²) in [5.74, 6) is 7.28. The van der Waals surface area contributed by atoms with Crippen molar-refractivity contribution in [2.75, 3.05) is 0 Å². The van der Waals surface area contributed by atoms with Crippen molar-refractivity contribution in [3.05, 3.63) is 0 Å². The second-order valence-corrected chi connectivity index (χ2v) is 10.5. The van der Waals surface area contributed by atoms with E-state index in [1.165, 1.54) is 0 Å². The molecule has 8 atom stereocenters. The van der Waals surface area contributed by atoms with E-state index >= 15 is 0 Å². The molecule has 0 bridgehead atoms. The summed E-state index contributed by atoms with van der Waals surface area (Å²) in [5.41, 5.74) is 8.60. The van der Waals surface area contributed by atoms with Crippen molar-refractivity contribution in [1.29, 1.82) is 0 Å². The lowest BCUT2D eigenvalue weighted by molar-refractivity contribution is -0.120. The fourth-order valence-corrected chi connectivity index (χ4v) is 8.25. The first-order valence-corrected chi connectivity index (χ1v) is 11.0. The van der Waals surface area contributed by atoms with Crippen LogP contribution < -0.4 is 11.5 Å². The van der Waals surface area contributed by atoms with Crippen LogP contribution in [-0.2, 0) is 9.47 Å². The molecule has 4 aliphatic rings. The minimum absolute atomic E-state index is 0.0159. The average molecular weight is 413 g/mol. The normalized spacial score (nSPS) is 48.9. The van der Waals surface area contributed by atoms with Crippen LogP contribution >= 0.6 is 0 Å². The van der Waals surface area contributed by atoms with Crippen LogP contribution in [0.3, 0.4) is 0 Å². The molecule has 0 aromatic carbocycles. The van der Waals surface area contributed by atoms with Gasteiger partial charge in [0.2, 0.25) is 0 Å². The largest absolute Gasteiger partial charge is 0.430 e. The number of amides is 2. The Morgan fingerprint density at radius 1 is 0.933 bits per heavy atom. The molecule has 0 aromatic rings. The molecule has 0 heterocycles. The van der Waals surface area contributed by atoms with Crippen LogP contribution in [0, 0.1) is 59.2 Å². The Morgan fingerprint density at radius 2 is 1.60 bits per heavy atom. The van der Waals surface area contributed by atoms with Gasteiger partial charge in [-0.3, -0.25) is 0 Å². The molecule has 162 valence electrons. The number of primary amides is 2. The monoisotopic (exact) mass is 412 g/mol. The van der Waals surface area contributed by atoms with E-state index in [2.05, 4.69) is 25.7 Å². The van der Waals surface area contributed by atoms with Crippen LogP contribution in [0.1, 0.15) is 65.2 Å². The van der Waals surface area contributed by atoms with Crippen LogP contribution in [0.5, 0.6) is 0 Å². The number of carbonyl (C=O) groups excluding carboxylic acids is 2. The van der Waals surface area contributed by atoms with Gasteiger partial charge in [0.05, 0.1) is 0 Å². The number of ether oxygens (including phenoxy) is 2. The third-order valence-corrected chi connectivity index (χ3v) is 9.49. The van der Waals surface area contributed by atoms with Crippen LogP contribution in [0.25, 0.3) is 0 Å². The summed E-state index contributed by atoms with van der Waals surface area (Å²) in [7, 11) is 0. The molecule has 4 saturated carbocycles. The molecule has 0 spiro atoms. The van der Waals surface area contributed by atoms with Gasteiger partial charge >= 0.3 is 12.2 Å². The Bertz CT molecular complexity index is 858. The number of hydrogen-bond donors (Lipinski definition) is 2. The smallest absolute Gasteiger partial charge is 0.406 e. The third kappa shape index (κ3) is 2.66. The number of nitrogens with two attached hydrogens (primary N) is 2. The van der Waals surface area contributed by atoms with Crippen LogP contribution in [0.2, 0.25) is 0 Å². The number of fused-ring (bicyclic) bond motifs is 5. The lowest BCUT2D eigenvalue weighted by Gasteiger charge is -2.58. The van der Waals surface area contributed by atoms with E-state index in [4.69, 9.17) is 33.8 Å². The average Bonchev–Trinajstić information content (AvgIpc) is 3.12. The van der Waals surface area contributed by atoms with Gasteiger partial charge in [0.15, 0.2) is 11.2 Å². The molecule has 0 radical (unpaired) electrons. The molecule has 0 aromatic heterocycles. The molecule has 2 amide bonds. The first kappa shape index (κ1) is 20.9. The van der Waals surface area contributed by atoms with E-state index in [9.17, 15) is 9.59 Å². The molecule has 30 heavy (non-hydrogen) atoms. The van der Waals surface area contributed by atoms with E-state index in [1.807, 2.05) is 0 Å². The summed E-state index contributed by atoms with van der Waals surface area (Å²) in [6.07, 6.45) is 17.0. The van der Waals surface area contributed by atoms with Gasteiger partial charge in [-0.1, -0.05) is 25.7 Å². The number of carbonyl (C=O) groups is 2. The lowest BCUT2D eigenvalue weighted by atomic mass is 9.47. The maximum Gasteiger partial charge on any atom is 0.406 e. The second-order valence-electron chi connectivity index (χ2n) is 10.5.